The van der Waals surface area contributed by atoms with Crippen LogP contribution in [0.4, 0.5) is 0 Å². The average molecular weight is 225 g/mol. The van der Waals surface area contributed by atoms with Crippen LogP contribution in [0.1, 0.15) is 34.4 Å². The Kier molecular flexibility index (Phi) is 4.12. The van der Waals surface area contributed by atoms with Crippen LogP contribution in [0, 0.1) is 20.8 Å². The first-order valence-corrected chi connectivity index (χ1v) is 5.33. The Labute approximate surface area is 96.0 Å². The minimum absolute atomic E-state index is 0.00786. The summed E-state index contributed by atoms with van der Waals surface area (Å²) >= 11 is 0. The van der Waals surface area contributed by atoms with Crippen molar-refractivity contribution in [2.45, 2.75) is 33.7 Å². The summed E-state index contributed by atoms with van der Waals surface area (Å²) in [5.41, 5.74) is 1.54. The molecule has 0 aliphatic carbocycles. The zero-order valence-electron chi connectivity index (χ0n) is 10.5. The van der Waals surface area contributed by atoms with E-state index in [0.717, 1.165) is 11.3 Å². The van der Waals surface area contributed by atoms with E-state index >= 15 is 0 Å². The van der Waals surface area contributed by atoms with Gasteiger partial charge in [0.2, 0.25) is 0 Å². The van der Waals surface area contributed by atoms with Gasteiger partial charge in [-0.1, -0.05) is 0 Å². The summed E-state index contributed by atoms with van der Waals surface area (Å²) in [6, 6.07) is -0.00786. The Hall–Kier alpha value is -1.29. The van der Waals surface area contributed by atoms with E-state index in [-0.39, 0.29) is 11.9 Å². The molecule has 0 radical (unpaired) electrons. The fourth-order valence-corrected chi connectivity index (χ4v) is 1.72. The maximum absolute atomic E-state index is 12.0. The normalized spacial score (nSPS) is 12.6. The number of hydrogen-bond donors (Lipinski definition) is 1. The van der Waals surface area contributed by atoms with E-state index < -0.39 is 0 Å². The summed E-state index contributed by atoms with van der Waals surface area (Å²) in [7, 11) is 1.61. The molecular weight excluding hydrogens is 206 g/mol. The fourth-order valence-electron chi connectivity index (χ4n) is 1.72. The van der Waals surface area contributed by atoms with Gasteiger partial charge in [-0.25, -0.2) is 0 Å². The molecule has 16 heavy (non-hydrogen) atoms. The highest BCUT2D eigenvalue weighted by Crippen LogP contribution is 2.20. The first-order chi connectivity index (χ1) is 7.47. The summed E-state index contributed by atoms with van der Waals surface area (Å²) in [5.74, 6) is 1.36. The molecule has 1 N–H and O–H groups in total. The summed E-state index contributed by atoms with van der Waals surface area (Å²) in [6.07, 6.45) is 0. The highest BCUT2D eigenvalue weighted by molar-refractivity contribution is 5.97. The van der Waals surface area contributed by atoms with E-state index in [4.69, 9.17) is 9.15 Å². The molecule has 0 aliphatic rings. The van der Waals surface area contributed by atoms with Crippen LogP contribution in [0.5, 0.6) is 0 Å². The molecule has 4 nitrogen and oxygen atoms in total. The van der Waals surface area contributed by atoms with E-state index in [2.05, 4.69) is 5.32 Å². The molecule has 0 aromatic carbocycles. The second-order valence-electron chi connectivity index (χ2n) is 4.04. The number of methoxy groups -OCH3 is 1. The SMILES string of the molecule is COC[C@@H](C)NC(=O)c1c(C)oc(C)c1C. The predicted molar refractivity (Wildman–Crippen MR) is 61.7 cm³/mol. The van der Waals surface area contributed by atoms with Crippen LogP contribution in [-0.4, -0.2) is 25.7 Å². The standard InChI is InChI=1S/C12H19NO3/c1-7(6-15-5)13-12(14)11-8(2)9(3)16-10(11)4/h7H,6H2,1-5H3,(H,13,14)/t7-/m1/s1. The second-order valence-corrected chi connectivity index (χ2v) is 4.04. The van der Waals surface area contributed by atoms with E-state index in [9.17, 15) is 4.79 Å². The number of amides is 1. The van der Waals surface area contributed by atoms with E-state index in [0.29, 0.717) is 17.9 Å². The van der Waals surface area contributed by atoms with Gasteiger partial charge in [0.05, 0.1) is 12.2 Å². The van der Waals surface area contributed by atoms with Crippen molar-refractivity contribution in [2.24, 2.45) is 0 Å². The maximum atomic E-state index is 12.0. The van der Waals surface area contributed by atoms with Gasteiger partial charge in [-0.05, 0) is 27.7 Å². The molecule has 1 aromatic heterocycles. The van der Waals surface area contributed by atoms with Crippen LogP contribution >= 0.6 is 0 Å². The molecule has 0 aliphatic heterocycles. The van der Waals surface area contributed by atoms with E-state index in [1.54, 1.807) is 14.0 Å². The van der Waals surface area contributed by atoms with Gasteiger partial charge in [-0.15, -0.1) is 0 Å². The van der Waals surface area contributed by atoms with Crippen molar-refractivity contribution < 1.29 is 13.9 Å². The van der Waals surface area contributed by atoms with Crippen molar-refractivity contribution in [1.82, 2.24) is 5.32 Å². The lowest BCUT2D eigenvalue weighted by molar-refractivity contribution is 0.0903. The lowest BCUT2D eigenvalue weighted by Gasteiger charge is -2.12. The summed E-state index contributed by atoms with van der Waals surface area (Å²) in [5, 5.41) is 2.87. The minimum Gasteiger partial charge on any atom is -0.466 e. The molecule has 0 saturated carbocycles. The molecule has 1 aromatic rings. The van der Waals surface area contributed by atoms with Gasteiger partial charge < -0.3 is 14.5 Å². The van der Waals surface area contributed by atoms with Crippen LogP contribution in [0.2, 0.25) is 0 Å². The third-order valence-electron chi connectivity index (χ3n) is 2.58. The largest absolute Gasteiger partial charge is 0.466 e. The number of rotatable bonds is 4. The third-order valence-corrected chi connectivity index (χ3v) is 2.58. The minimum atomic E-state index is -0.101. The molecule has 4 heteroatoms. The highest BCUT2D eigenvalue weighted by Gasteiger charge is 2.19. The molecule has 0 fully saturated rings. The van der Waals surface area contributed by atoms with Crippen LogP contribution < -0.4 is 5.32 Å². The smallest absolute Gasteiger partial charge is 0.255 e. The van der Waals surface area contributed by atoms with E-state index in [1.165, 1.54) is 0 Å². The van der Waals surface area contributed by atoms with Crippen molar-refractivity contribution >= 4 is 5.91 Å². The van der Waals surface area contributed by atoms with Crippen molar-refractivity contribution in [3.05, 3.63) is 22.6 Å². The number of aryl methyl sites for hydroxylation is 2. The number of carbonyl (C=O) groups is 1. The molecule has 1 amide bonds. The number of nitrogens with one attached hydrogen (secondary N) is 1. The van der Waals surface area contributed by atoms with Crippen molar-refractivity contribution in [1.29, 1.82) is 0 Å². The summed E-state index contributed by atoms with van der Waals surface area (Å²) in [6.45, 7) is 7.95. The Balaban J connectivity index is 2.80. The second kappa shape index (κ2) is 5.16. The molecule has 1 heterocycles. The lowest BCUT2D eigenvalue weighted by Crippen LogP contribution is -2.36. The zero-order valence-corrected chi connectivity index (χ0v) is 10.5. The van der Waals surface area contributed by atoms with Gasteiger partial charge in [-0.3, -0.25) is 4.79 Å². The summed E-state index contributed by atoms with van der Waals surface area (Å²) in [4.78, 5) is 12.0. The molecule has 0 bridgehead atoms. The van der Waals surface area contributed by atoms with Gasteiger partial charge in [0.15, 0.2) is 0 Å². The maximum Gasteiger partial charge on any atom is 0.255 e. The van der Waals surface area contributed by atoms with E-state index in [1.807, 2.05) is 20.8 Å². The molecule has 0 unspecified atom stereocenters. The molecule has 1 atom stereocenters. The van der Waals surface area contributed by atoms with Crippen molar-refractivity contribution in [2.75, 3.05) is 13.7 Å². The van der Waals surface area contributed by atoms with Gasteiger partial charge >= 0.3 is 0 Å². The van der Waals surface area contributed by atoms with Crippen LogP contribution in [0.3, 0.4) is 0 Å². The molecule has 1 rings (SSSR count). The molecule has 0 saturated heterocycles. The Bertz CT molecular complexity index is 382. The number of furan rings is 1. The Morgan fingerprint density at radius 2 is 2.00 bits per heavy atom. The molecule has 90 valence electrons. The summed E-state index contributed by atoms with van der Waals surface area (Å²) < 4.78 is 10.4. The fraction of sp³-hybridized carbons (Fsp3) is 0.583. The quantitative estimate of drug-likeness (QED) is 0.852. The highest BCUT2D eigenvalue weighted by atomic mass is 16.5. The van der Waals surface area contributed by atoms with Gasteiger partial charge in [0.1, 0.15) is 11.5 Å². The van der Waals surface area contributed by atoms with Crippen LogP contribution in [0.15, 0.2) is 4.42 Å². The number of carbonyl (C=O) groups excluding carboxylic acids is 1. The topological polar surface area (TPSA) is 51.5 Å². The Morgan fingerprint density at radius 1 is 1.38 bits per heavy atom. The first-order valence-electron chi connectivity index (χ1n) is 5.33. The number of ether oxygens (including phenoxy) is 1. The Morgan fingerprint density at radius 3 is 2.44 bits per heavy atom. The van der Waals surface area contributed by atoms with Crippen LogP contribution in [0.25, 0.3) is 0 Å². The van der Waals surface area contributed by atoms with Crippen molar-refractivity contribution in [3.8, 4) is 0 Å². The number of hydrogen-bond acceptors (Lipinski definition) is 3. The van der Waals surface area contributed by atoms with Gasteiger partial charge in [-0.2, -0.15) is 0 Å². The first kappa shape index (κ1) is 12.8. The van der Waals surface area contributed by atoms with Crippen molar-refractivity contribution in [3.63, 3.8) is 0 Å². The van der Waals surface area contributed by atoms with Gasteiger partial charge in [0, 0.05) is 18.7 Å². The van der Waals surface area contributed by atoms with Gasteiger partial charge in [0.25, 0.3) is 5.91 Å². The average Bonchev–Trinajstić information content (AvgIpc) is 2.41. The predicted octanol–water partition coefficient (Wildman–Crippen LogP) is 1.97. The molecular formula is C12H19NO3. The monoisotopic (exact) mass is 225 g/mol. The third kappa shape index (κ3) is 2.64. The zero-order chi connectivity index (χ0) is 12.3. The molecule has 0 spiro atoms. The van der Waals surface area contributed by atoms with Crippen LogP contribution in [-0.2, 0) is 4.74 Å². The lowest BCUT2D eigenvalue weighted by atomic mass is 10.1.